The van der Waals surface area contributed by atoms with E-state index in [1.165, 1.54) is 38.5 Å². The molecule has 0 atom stereocenters. The molecular weight excluding hydrogens is 174 g/mol. The zero-order chi connectivity index (χ0) is 10.6. The first-order valence-electron chi connectivity index (χ1n) is 6.23. The predicted octanol–water partition coefficient (Wildman–Crippen LogP) is 3.62. The van der Waals surface area contributed by atoms with Crippen LogP contribution in [0, 0.1) is 0 Å². The van der Waals surface area contributed by atoms with Crippen molar-refractivity contribution in [3.05, 3.63) is 0 Å². The van der Waals surface area contributed by atoms with Crippen LogP contribution in [0.3, 0.4) is 0 Å². The molecular formula is C12H27NO. The standard InChI is InChI=1S/C12H27NO/c1-4-7-8-9-10-11-12-14-13(5-2)6-3/h4-12H2,1-3H3. The Bertz CT molecular complexity index is 102. The van der Waals surface area contributed by atoms with Gasteiger partial charge in [0.25, 0.3) is 0 Å². The Labute approximate surface area is 89.6 Å². The van der Waals surface area contributed by atoms with Crippen LogP contribution in [0.5, 0.6) is 0 Å². The second-order valence-electron chi connectivity index (χ2n) is 3.72. The lowest BCUT2D eigenvalue weighted by Crippen LogP contribution is -2.23. The molecule has 0 aliphatic carbocycles. The van der Waals surface area contributed by atoms with E-state index in [4.69, 9.17) is 4.84 Å². The van der Waals surface area contributed by atoms with E-state index in [-0.39, 0.29) is 0 Å². The minimum Gasteiger partial charge on any atom is -0.299 e. The Kier molecular flexibility index (Phi) is 10.9. The van der Waals surface area contributed by atoms with Crippen LogP contribution < -0.4 is 0 Å². The van der Waals surface area contributed by atoms with Crippen molar-refractivity contribution in [2.75, 3.05) is 19.7 Å². The smallest absolute Gasteiger partial charge is 0.0685 e. The minimum atomic E-state index is 0.897. The van der Waals surface area contributed by atoms with Crippen LogP contribution in [0.4, 0.5) is 0 Å². The average Bonchev–Trinajstić information content (AvgIpc) is 2.22. The van der Waals surface area contributed by atoms with Gasteiger partial charge in [-0.15, -0.1) is 0 Å². The molecule has 0 N–H and O–H groups in total. The van der Waals surface area contributed by atoms with E-state index in [0.717, 1.165) is 19.7 Å². The van der Waals surface area contributed by atoms with E-state index in [2.05, 4.69) is 20.8 Å². The summed E-state index contributed by atoms with van der Waals surface area (Å²) in [5.41, 5.74) is 0. The van der Waals surface area contributed by atoms with Gasteiger partial charge in [-0.2, -0.15) is 5.06 Å². The second-order valence-corrected chi connectivity index (χ2v) is 3.72. The summed E-state index contributed by atoms with van der Waals surface area (Å²) in [7, 11) is 0. The molecule has 0 radical (unpaired) electrons. The monoisotopic (exact) mass is 201 g/mol. The molecule has 0 rings (SSSR count). The summed E-state index contributed by atoms with van der Waals surface area (Å²) in [6, 6.07) is 0. The maximum Gasteiger partial charge on any atom is 0.0685 e. The molecule has 0 fully saturated rings. The summed E-state index contributed by atoms with van der Waals surface area (Å²) in [4.78, 5) is 5.58. The highest BCUT2D eigenvalue weighted by molar-refractivity contribution is 4.43. The topological polar surface area (TPSA) is 12.5 Å². The van der Waals surface area contributed by atoms with Crippen molar-refractivity contribution in [2.24, 2.45) is 0 Å². The first-order valence-corrected chi connectivity index (χ1v) is 6.23. The highest BCUT2D eigenvalue weighted by Gasteiger charge is 1.97. The molecule has 0 aromatic rings. The van der Waals surface area contributed by atoms with E-state index in [0.29, 0.717) is 0 Å². The lowest BCUT2D eigenvalue weighted by Gasteiger charge is -2.17. The van der Waals surface area contributed by atoms with E-state index in [9.17, 15) is 0 Å². The van der Waals surface area contributed by atoms with Gasteiger partial charge in [-0.25, -0.2) is 0 Å². The van der Waals surface area contributed by atoms with E-state index < -0.39 is 0 Å². The maximum atomic E-state index is 5.58. The number of hydrogen-bond donors (Lipinski definition) is 0. The SMILES string of the molecule is CCCCCCCCON(CC)CC. The molecule has 0 spiro atoms. The third-order valence-corrected chi connectivity index (χ3v) is 2.48. The van der Waals surface area contributed by atoms with Crippen LogP contribution in [0.25, 0.3) is 0 Å². The van der Waals surface area contributed by atoms with Gasteiger partial charge in [0.1, 0.15) is 0 Å². The van der Waals surface area contributed by atoms with Crippen LogP contribution in [-0.2, 0) is 4.84 Å². The van der Waals surface area contributed by atoms with Crippen LogP contribution in [0.1, 0.15) is 59.3 Å². The Balaban J connectivity index is 3.04. The fourth-order valence-corrected chi connectivity index (χ4v) is 1.48. The zero-order valence-electron chi connectivity index (χ0n) is 10.2. The molecule has 0 unspecified atom stereocenters. The van der Waals surface area contributed by atoms with Gasteiger partial charge in [-0.05, 0) is 6.42 Å². The van der Waals surface area contributed by atoms with Gasteiger partial charge in [0, 0.05) is 13.1 Å². The molecule has 86 valence electrons. The molecule has 0 heterocycles. The number of hydroxylamine groups is 2. The molecule has 0 aliphatic heterocycles. The average molecular weight is 201 g/mol. The molecule has 0 amide bonds. The molecule has 0 aromatic carbocycles. The minimum absolute atomic E-state index is 0.897. The lowest BCUT2D eigenvalue weighted by atomic mass is 10.1. The van der Waals surface area contributed by atoms with Crippen molar-refractivity contribution >= 4 is 0 Å². The fourth-order valence-electron chi connectivity index (χ4n) is 1.48. The highest BCUT2D eigenvalue weighted by atomic mass is 16.7. The van der Waals surface area contributed by atoms with E-state index >= 15 is 0 Å². The van der Waals surface area contributed by atoms with E-state index in [1.807, 2.05) is 5.06 Å². The summed E-state index contributed by atoms with van der Waals surface area (Å²) >= 11 is 0. The highest BCUT2D eigenvalue weighted by Crippen LogP contribution is 2.05. The van der Waals surface area contributed by atoms with Crippen molar-refractivity contribution in [1.82, 2.24) is 5.06 Å². The second kappa shape index (κ2) is 11.0. The lowest BCUT2D eigenvalue weighted by molar-refractivity contribution is -0.153. The molecule has 0 aromatic heterocycles. The fraction of sp³-hybridized carbons (Fsp3) is 1.00. The maximum absolute atomic E-state index is 5.58. The largest absolute Gasteiger partial charge is 0.299 e. The summed E-state index contributed by atoms with van der Waals surface area (Å²) < 4.78 is 0. The molecule has 2 heteroatoms. The van der Waals surface area contributed by atoms with Gasteiger partial charge >= 0.3 is 0 Å². The Hall–Kier alpha value is -0.0800. The summed E-state index contributed by atoms with van der Waals surface area (Å²) in [5, 5.41) is 2.02. The van der Waals surface area contributed by atoms with Gasteiger partial charge in [0.15, 0.2) is 0 Å². The van der Waals surface area contributed by atoms with Crippen molar-refractivity contribution in [1.29, 1.82) is 0 Å². The molecule has 0 saturated carbocycles. The van der Waals surface area contributed by atoms with Crippen LogP contribution >= 0.6 is 0 Å². The van der Waals surface area contributed by atoms with Crippen LogP contribution in [-0.4, -0.2) is 24.8 Å². The van der Waals surface area contributed by atoms with Crippen molar-refractivity contribution in [2.45, 2.75) is 59.3 Å². The molecule has 0 saturated heterocycles. The van der Waals surface area contributed by atoms with Crippen molar-refractivity contribution in [3.8, 4) is 0 Å². The van der Waals surface area contributed by atoms with E-state index in [1.54, 1.807) is 0 Å². The van der Waals surface area contributed by atoms with Gasteiger partial charge in [-0.1, -0.05) is 52.9 Å². The molecule has 0 bridgehead atoms. The Morgan fingerprint density at radius 2 is 1.36 bits per heavy atom. The van der Waals surface area contributed by atoms with Gasteiger partial charge in [0.05, 0.1) is 6.61 Å². The Morgan fingerprint density at radius 1 is 0.786 bits per heavy atom. The van der Waals surface area contributed by atoms with Gasteiger partial charge in [-0.3, -0.25) is 4.84 Å². The van der Waals surface area contributed by atoms with Gasteiger partial charge in [0.2, 0.25) is 0 Å². The zero-order valence-corrected chi connectivity index (χ0v) is 10.2. The van der Waals surface area contributed by atoms with Crippen LogP contribution in [0.15, 0.2) is 0 Å². The normalized spacial score (nSPS) is 11.1. The molecule has 14 heavy (non-hydrogen) atoms. The summed E-state index contributed by atoms with van der Waals surface area (Å²) in [6.07, 6.45) is 8.01. The molecule has 0 aliphatic rings. The third kappa shape index (κ3) is 8.52. The third-order valence-electron chi connectivity index (χ3n) is 2.48. The summed E-state index contributed by atoms with van der Waals surface area (Å²) in [6.45, 7) is 9.39. The number of rotatable bonds is 10. The predicted molar refractivity (Wildman–Crippen MR) is 62.2 cm³/mol. The first kappa shape index (κ1) is 13.9. The van der Waals surface area contributed by atoms with Crippen molar-refractivity contribution in [3.63, 3.8) is 0 Å². The van der Waals surface area contributed by atoms with Crippen molar-refractivity contribution < 1.29 is 4.84 Å². The number of nitrogens with zero attached hydrogens (tertiary/aromatic N) is 1. The number of hydrogen-bond acceptors (Lipinski definition) is 2. The Morgan fingerprint density at radius 3 is 1.93 bits per heavy atom. The summed E-state index contributed by atoms with van der Waals surface area (Å²) in [5.74, 6) is 0. The van der Waals surface area contributed by atoms with Crippen LogP contribution in [0.2, 0.25) is 0 Å². The first-order chi connectivity index (χ1) is 6.85. The molecule has 2 nitrogen and oxygen atoms in total. The van der Waals surface area contributed by atoms with Gasteiger partial charge < -0.3 is 0 Å². The quantitative estimate of drug-likeness (QED) is 0.395. The number of unbranched alkanes of at least 4 members (excludes halogenated alkanes) is 5.